The summed E-state index contributed by atoms with van der Waals surface area (Å²) in [5, 5.41) is 0. The first-order valence-electron chi connectivity index (χ1n) is 4.53. The van der Waals surface area contributed by atoms with E-state index in [1.807, 2.05) is 72.8 Å². The molecule has 2 aromatic rings. The average Bonchev–Trinajstić information content (AvgIpc) is 2.45. The molecule has 18 heavy (non-hydrogen) atoms. The third-order valence-corrected chi connectivity index (χ3v) is 1.33. The van der Waals surface area contributed by atoms with E-state index in [4.69, 9.17) is 38.8 Å². The first-order valence-corrected chi connectivity index (χ1v) is 13.5. The first kappa shape index (κ1) is 21.2. The van der Waals surface area contributed by atoms with Gasteiger partial charge in [-0.05, 0) is 0 Å². The molecule has 2 aromatic carbocycles. The van der Waals surface area contributed by atoms with Gasteiger partial charge in [-0.1, -0.05) is 72.8 Å². The summed E-state index contributed by atoms with van der Waals surface area (Å²) in [4.78, 5) is 0. The number of benzene rings is 2. The van der Waals surface area contributed by atoms with Crippen LogP contribution in [0.1, 0.15) is 0 Å². The van der Waals surface area contributed by atoms with Crippen LogP contribution in [0.2, 0.25) is 0 Å². The molecule has 0 aliphatic rings. The number of rotatable bonds is 0. The fraction of sp³-hybridized carbons (Fsp3) is 0. The Morgan fingerprint density at radius 3 is 0.444 bits per heavy atom. The smallest absolute Gasteiger partial charge is 0.0623 e. The van der Waals surface area contributed by atoms with Crippen LogP contribution in [0.3, 0.4) is 0 Å². The summed E-state index contributed by atoms with van der Waals surface area (Å²) >= 11 is -0.691. The van der Waals surface area contributed by atoms with Crippen molar-refractivity contribution in [2.24, 2.45) is 0 Å². The minimum absolute atomic E-state index is 0.346. The number of hydrogen-bond donors (Lipinski definition) is 0. The SMILES string of the molecule is [Cl][Ru][Cl].[Cl][Ru][Cl].c1ccccc1.c1ccccc1. The van der Waals surface area contributed by atoms with Crippen LogP contribution in [0.4, 0.5) is 0 Å². The average molecular weight is 500 g/mol. The van der Waals surface area contributed by atoms with Crippen molar-refractivity contribution in [3.8, 4) is 0 Å². The monoisotopic (exact) mass is 500 g/mol. The minimum Gasteiger partial charge on any atom is -0.0623 e. The van der Waals surface area contributed by atoms with Crippen LogP contribution in [0.15, 0.2) is 72.8 Å². The van der Waals surface area contributed by atoms with Crippen LogP contribution in [-0.2, 0) is 30.3 Å². The molecule has 6 heteroatoms. The Hall–Kier alpha value is 0.847. The van der Waals surface area contributed by atoms with E-state index in [-0.39, 0.29) is 30.3 Å². The molecule has 0 bridgehead atoms. The van der Waals surface area contributed by atoms with Gasteiger partial charge in [0.1, 0.15) is 0 Å². The van der Waals surface area contributed by atoms with Gasteiger partial charge in [0, 0.05) is 0 Å². The van der Waals surface area contributed by atoms with Crippen LogP contribution in [-0.4, -0.2) is 0 Å². The molecule has 0 heterocycles. The summed E-state index contributed by atoms with van der Waals surface area (Å²) in [7, 11) is 19.4. The van der Waals surface area contributed by atoms with E-state index < -0.39 is 0 Å². The molecule has 0 saturated carbocycles. The molecule has 0 fully saturated rings. The zero-order chi connectivity index (χ0) is 13.9. The fourth-order valence-electron chi connectivity index (χ4n) is 0.770. The second-order valence-corrected chi connectivity index (χ2v) is 7.69. The van der Waals surface area contributed by atoms with Crippen molar-refractivity contribution in [3.63, 3.8) is 0 Å². The summed E-state index contributed by atoms with van der Waals surface area (Å²) in [6, 6.07) is 24.0. The third kappa shape index (κ3) is 25.6. The Morgan fingerprint density at radius 2 is 0.389 bits per heavy atom. The third-order valence-electron chi connectivity index (χ3n) is 1.33. The van der Waals surface area contributed by atoms with Crippen molar-refractivity contribution in [2.45, 2.75) is 0 Å². The summed E-state index contributed by atoms with van der Waals surface area (Å²) in [5.74, 6) is 0. The van der Waals surface area contributed by atoms with Gasteiger partial charge in [-0.3, -0.25) is 0 Å². The fourth-order valence-corrected chi connectivity index (χ4v) is 0.770. The van der Waals surface area contributed by atoms with E-state index in [1.54, 1.807) is 0 Å². The maximum Gasteiger partial charge on any atom is -0.0623 e. The molecule has 0 unspecified atom stereocenters. The maximum absolute atomic E-state index is 4.85. The molecule has 0 aliphatic carbocycles. The molecular formula is C12H12Cl4Ru2. The van der Waals surface area contributed by atoms with Crippen molar-refractivity contribution in [3.05, 3.63) is 72.8 Å². The molecule has 104 valence electrons. The quantitative estimate of drug-likeness (QED) is 0.383. The molecule has 2 rings (SSSR count). The van der Waals surface area contributed by atoms with Gasteiger partial charge in [-0.25, -0.2) is 0 Å². The summed E-state index contributed by atoms with van der Waals surface area (Å²) in [6.07, 6.45) is 0. The molecule has 0 aliphatic heterocycles. The largest absolute Gasteiger partial charge is 0.0623 e. The van der Waals surface area contributed by atoms with Crippen LogP contribution in [0.25, 0.3) is 0 Å². The van der Waals surface area contributed by atoms with Gasteiger partial charge in [0.25, 0.3) is 0 Å². The van der Waals surface area contributed by atoms with Crippen molar-refractivity contribution < 1.29 is 30.3 Å². The summed E-state index contributed by atoms with van der Waals surface area (Å²) in [5.41, 5.74) is 0. The second kappa shape index (κ2) is 23.0. The van der Waals surface area contributed by atoms with E-state index >= 15 is 0 Å². The van der Waals surface area contributed by atoms with Crippen LogP contribution in [0, 0.1) is 0 Å². The predicted molar refractivity (Wildman–Crippen MR) is 76.3 cm³/mol. The van der Waals surface area contributed by atoms with E-state index in [0.717, 1.165) is 0 Å². The Kier molecular flexibility index (Phi) is 27.0. The Labute approximate surface area is 140 Å². The van der Waals surface area contributed by atoms with Crippen LogP contribution >= 0.6 is 38.8 Å². The van der Waals surface area contributed by atoms with Crippen LogP contribution < -0.4 is 0 Å². The van der Waals surface area contributed by atoms with Crippen molar-refractivity contribution in [1.82, 2.24) is 0 Å². The summed E-state index contributed by atoms with van der Waals surface area (Å²) < 4.78 is 0. The van der Waals surface area contributed by atoms with Gasteiger partial charge >= 0.3 is 69.1 Å². The molecule has 0 amide bonds. The molecule has 0 saturated heterocycles. The van der Waals surface area contributed by atoms with E-state index in [0.29, 0.717) is 0 Å². The zero-order valence-electron chi connectivity index (χ0n) is 9.15. The molecule has 0 nitrogen and oxygen atoms in total. The Balaban J connectivity index is 0. The van der Waals surface area contributed by atoms with Gasteiger partial charge in [0.05, 0.1) is 0 Å². The van der Waals surface area contributed by atoms with Gasteiger partial charge < -0.3 is 0 Å². The molecule has 0 atom stereocenters. The standard InChI is InChI=1S/2C6H6.4ClH.2Ru/c2*1-2-4-6-5-3-1;;;;;;/h2*1-6H;4*1H;;/q;;;;;;2*+2/p-4. The van der Waals surface area contributed by atoms with Gasteiger partial charge in [-0.15, -0.1) is 0 Å². The molecular weight excluding hydrogens is 488 g/mol. The number of halogens is 4. The van der Waals surface area contributed by atoms with Crippen molar-refractivity contribution in [2.75, 3.05) is 0 Å². The van der Waals surface area contributed by atoms with Gasteiger partial charge in [-0.2, -0.15) is 0 Å². The van der Waals surface area contributed by atoms with E-state index in [1.165, 1.54) is 0 Å². The first-order chi connectivity index (χ1) is 8.83. The van der Waals surface area contributed by atoms with E-state index in [2.05, 4.69) is 0 Å². The van der Waals surface area contributed by atoms with Gasteiger partial charge in [0.15, 0.2) is 0 Å². The maximum atomic E-state index is 4.85. The predicted octanol–water partition coefficient (Wildman–Crippen LogP) is 6.13. The van der Waals surface area contributed by atoms with Crippen molar-refractivity contribution in [1.29, 1.82) is 0 Å². The van der Waals surface area contributed by atoms with Crippen molar-refractivity contribution >= 4 is 38.8 Å². The topological polar surface area (TPSA) is 0 Å². The molecule has 0 aromatic heterocycles. The second-order valence-electron chi connectivity index (χ2n) is 2.41. The van der Waals surface area contributed by atoms with Crippen LogP contribution in [0.5, 0.6) is 0 Å². The number of hydrogen-bond acceptors (Lipinski definition) is 0. The van der Waals surface area contributed by atoms with E-state index in [9.17, 15) is 0 Å². The zero-order valence-corrected chi connectivity index (χ0v) is 15.6. The molecule has 0 radical (unpaired) electrons. The Morgan fingerprint density at radius 1 is 0.333 bits per heavy atom. The minimum atomic E-state index is -0.346. The molecule has 0 spiro atoms. The molecule has 0 N–H and O–H groups in total. The summed E-state index contributed by atoms with van der Waals surface area (Å²) in [6.45, 7) is 0. The normalized spacial score (nSPS) is 7.78. The van der Waals surface area contributed by atoms with Gasteiger partial charge in [0.2, 0.25) is 0 Å². The Bertz CT molecular complexity index is 221.